The fourth-order valence-electron chi connectivity index (χ4n) is 0.839. The molecule has 0 saturated carbocycles. The Morgan fingerprint density at radius 1 is 1.62 bits per heavy atom. The third kappa shape index (κ3) is 3.40. The van der Waals surface area contributed by atoms with E-state index in [1.54, 1.807) is 6.07 Å². The number of nitrogens with two attached hydrogens (primary N) is 1. The minimum atomic E-state index is -0.533. The van der Waals surface area contributed by atoms with Crippen molar-refractivity contribution in [2.24, 2.45) is 5.73 Å². The van der Waals surface area contributed by atoms with E-state index in [9.17, 15) is 4.79 Å². The van der Waals surface area contributed by atoms with Gasteiger partial charge in [-0.2, -0.15) is 0 Å². The van der Waals surface area contributed by atoms with Gasteiger partial charge in [-0.05, 0) is 40.3 Å². The van der Waals surface area contributed by atoms with E-state index < -0.39 is 6.03 Å². The Morgan fingerprint density at radius 2 is 2.31 bits per heavy atom. The van der Waals surface area contributed by atoms with Crippen molar-refractivity contribution < 1.29 is 4.79 Å². The third-order valence-electron chi connectivity index (χ3n) is 1.45. The summed E-state index contributed by atoms with van der Waals surface area (Å²) in [7, 11) is 0. The Hall–Kier alpha value is -0.490. The summed E-state index contributed by atoms with van der Waals surface area (Å²) in [5, 5.41) is 3.17. The van der Waals surface area contributed by atoms with E-state index in [0.717, 1.165) is 9.13 Å². The first-order valence-electron chi connectivity index (χ1n) is 3.57. The molecule has 0 radical (unpaired) electrons. The average Bonchev–Trinajstić information content (AvgIpc) is 2.07. The van der Waals surface area contributed by atoms with Crippen LogP contribution < -0.4 is 11.1 Å². The maximum Gasteiger partial charge on any atom is 0.312 e. The highest BCUT2D eigenvalue weighted by atomic mass is 127. The molecule has 3 N–H and O–H groups in total. The lowest BCUT2D eigenvalue weighted by Crippen LogP contribution is -2.28. The van der Waals surface area contributed by atoms with Gasteiger partial charge < -0.3 is 11.1 Å². The highest BCUT2D eigenvalue weighted by Gasteiger charge is 1.99. The van der Waals surface area contributed by atoms with Crippen LogP contribution >= 0.6 is 34.2 Å². The van der Waals surface area contributed by atoms with Crippen molar-refractivity contribution in [1.29, 1.82) is 0 Å². The second-order valence-corrected chi connectivity index (χ2v) is 4.04. The van der Waals surface area contributed by atoms with Crippen molar-refractivity contribution in [1.82, 2.24) is 5.32 Å². The van der Waals surface area contributed by atoms with E-state index in [2.05, 4.69) is 27.9 Å². The number of urea groups is 1. The van der Waals surface area contributed by atoms with E-state index in [0.29, 0.717) is 11.6 Å². The normalized spacial score (nSPS) is 9.69. The first kappa shape index (κ1) is 10.6. The number of hydrogen-bond donors (Lipinski definition) is 2. The first-order chi connectivity index (χ1) is 6.09. The fraction of sp³-hybridized carbons (Fsp3) is 0.125. The van der Waals surface area contributed by atoms with Gasteiger partial charge in [-0.15, -0.1) is 0 Å². The fourth-order valence-corrected chi connectivity index (χ4v) is 1.38. The zero-order chi connectivity index (χ0) is 9.84. The summed E-state index contributed by atoms with van der Waals surface area (Å²) in [5.41, 5.74) is 5.86. The molecule has 1 rings (SSSR count). The van der Waals surface area contributed by atoms with E-state index in [4.69, 9.17) is 17.3 Å². The van der Waals surface area contributed by atoms with Gasteiger partial charge in [0.2, 0.25) is 0 Å². The number of primary amides is 1. The summed E-state index contributed by atoms with van der Waals surface area (Å²) in [6, 6.07) is 5.05. The first-order valence-corrected chi connectivity index (χ1v) is 5.02. The summed E-state index contributed by atoms with van der Waals surface area (Å²) in [5.74, 6) is 0. The highest BCUT2D eigenvalue weighted by molar-refractivity contribution is 14.1. The van der Waals surface area contributed by atoms with Crippen LogP contribution in [0.2, 0.25) is 5.02 Å². The van der Waals surface area contributed by atoms with E-state index in [1.165, 1.54) is 0 Å². The molecule has 1 aromatic rings. The maximum atomic E-state index is 10.4. The van der Waals surface area contributed by atoms with Crippen LogP contribution in [0, 0.1) is 3.57 Å². The second kappa shape index (κ2) is 4.66. The SMILES string of the molecule is NC(=O)NCc1ccc(I)c(Cl)c1. The van der Waals surface area contributed by atoms with Gasteiger partial charge in [0.15, 0.2) is 0 Å². The van der Waals surface area contributed by atoms with E-state index in [1.807, 2.05) is 12.1 Å². The van der Waals surface area contributed by atoms with Crippen molar-refractivity contribution in [2.45, 2.75) is 6.54 Å². The predicted molar refractivity (Wildman–Crippen MR) is 60.6 cm³/mol. The Labute approximate surface area is 94.8 Å². The topological polar surface area (TPSA) is 55.1 Å². The Morgan fingerprint density at radius 3 is 2.85 bits per heavy atom. The molecule has 0 aromatic heterocycles. The molecule has 0 heterocycles. The van der Waals surface area contributed by atoms with Gasteiger partial charge in [0.25, 0.3) is 0 Å². The predicted octanol–water partition coefficient (Wildman–Crippen LogP) is 2.11. The number of carbonyl (C=O) groups excluding carboxylic acids is 1. The van der Waals surface area contributed by atoms with E-state index >= 15 is 0 Å². The monoisotopic (exact) mass is 310 g/mol. The van der Waals surface area contributed by atoms with Crippen LogP contribution in [0.3, 0.4) is 0 Å². The zero-order valence-corrected chi connectivity index (χ0v) is 9.59. The number of carbonyl (C=O) groups is 1. The number of benzene rings is 1. The smallest absolute Gasteiger partial charge is 0.312 e. The number of halogens is 2. The molecule has 70 valence electrons. The summed E-state index contributed by atoms with van der Waals surface area (Å²) in [6.07, 6.45) is 0. The molecule has 0 spiro atoms. The van der Waals surface area contributed by atoms with Crippen molar-refractivity contribution >= 4 is 40.2 Å². The molecule has 0 atom stereocenters. The minimum Gasteiger partial charge on any atom is -0.352 e. The molecule has 0 unspecified atom stereocenters. The Balaban J connectivity index is 2.68. The van der Waals surface area contributed by atoms with Crippen LogP contribution in [0.4, 0.5) is 4.79 Å². The standard InChI is InChI=1S/C8H8ClIN2O/c9-6-3-5(1-2-7(6)10)4-12-8(11)13/h1-3H,4H2,(H3,11,12,13). The molecule has 0 fully saturated rings. The largest absolute Gasteiger partial charge is 0.352 e. The molecule has 5 heteroatoms. The van der Waals surface area contributed by atoms with Crippen molar-refractivity contribution in [2.75, 3.05) is 0 Å². The van der Waals surface area contributed by atoms with Gasteiger partial charge in [0.1, 0.15) is 0 Å². The van der Waals surface area contributed by atoms with Crippen LogP contribution in [0.5, 0.6) is 0 Å². The summed E-state index contributed by atoms with van der Waals surface area (Å²) in [4.78, 5) is 10.4. The van der Waals surface area contributed by atoms with Crippen LogP contribution in [0.15, 0.2) is 18.2 Å². The van der Waals surface area contributed by atoms with Crippen LogP contribution in [-0.2, 0) is 6.54 Å². The van der Waals surface area contributed by atoms with Crippen LogP contribution in [-0.4, -0.2) is 6.03 Å². The van der Waals surface area contributed by atoms with Crippen LogP contribution in [0.1, 0.15) is 5.56 Å². The van der Waals surface area contributed by atoms with Crippen molar-refractivity contribution in [3.63, 3.8) is 0 Å². The molecule has 0 aliphatic carbocycles. The number of rotatable bonds is 2. The van der Waals surface area contributed by atoms with Crippen LogP contribution in [0.25, 0.3) is 0 Å². The van der Waals surface area contributed by atoms with Gasteiger partial charge >= 0.3 is 6.03 Å². The Kier molecular flexibility index (Phi) is 3.80. The highest BCUT2D eigenvalue weighted by Crippen LogP contribution is 2.19. The third-order valence-corrected chi connectivity index (χ3v) is 3.02. The van der Waals surface area contributed by atoms with Gasteiger partial charge in [-0.25, -0.2) is 4.79 Å². The quantitative estimate of drug-likeness (QED) is 0.808. The molecule has 3 nitrogen and oxygen atoms in total. The van der Waals surface area contributed by atoms with E-state index in [-0.39, 0.29) is 0 Å². The maximum absolute atomic E-state index is 10.4. The molecule has 1 aromatic carbocycles. The summed E-state index contributed by atoms with van der Waals surface area (Å²) in [6.45, 7) is 0.409. The summed E-state index contributed by atoms with van der Waals surface area (Å²) < 4.78 is 0.988. The Bertz CT molecular complexity index is 330. The number of hydrogen-bond acceptors (Lipinski definition) is 1. The molecule has 0 saturated heterocycles. The molecule has 13 heavy (non-hydrogen) atoms. The lowest BCUT2D eigenvalue weighted by molar-refractivity contribution is 0.248. The zero-order valence-electron chi connectivity index (χ0n) is 6.68. The molecular formula is C8H8ClIN2O. The van der Waals surface area contributed by atoms with Gasteiger partial charge in [0, 0.05) is 10.1 Å². The van der Waals surface area contributed by atoms with Gasteiger partial charge in [0.05, 0.1) is 5.02 Å². The van der Waals surface area contributed by atoms with Crippen molar-refractivity contribution in [3.05, 3.63) is 32.4 Å². The average molecular weight is 311 g/mol. The van der Waals surface area contributed by atoms with Gasteiger partial charge in [-0.1, -0.05) is 17.7 Å². The minimum absolute atomic E-state index is 0.409. The molecular weight excluding hydrogens is 302 g/mol. The molecule has 0 bridgehead atoms. The second-order valence-electron chi connectivity index (χ2n) is 2.47. The number of amides is 2. The molecule has 0 aliphatic rings. The lowest BCUT2D eigenvalue weighted by Gasteiger charge is -2.03. The summed E-state index contributed by atoms with van der Waals surface area (Å²) >= 11 is 8.02. The lowest BCUT2D eigenvalue weighted by atomic mass is 10.2. The van der Waals surface area contributed by atoms with Gasteiger partial charge in [-0.3, -0.25) is 0 Å². The van der Waals surface area contributed by atoms with Crippen molar-refractivity contribution in [3.8, 4) is 0 Å². The molecule has 0 aliphatic heterocycles. The number of nitrogens with one attached hydrogen (secondary N) is 1. The molecule has 2 amide bonds.